The van der Waals surface area contributed by atoms with Crippen LogP contribution >= 0.6 is 0 Å². The first-order chi connectivity index (χ1) is 10.9. The zero-order valence-corrected chi connectivity index (χ0v) is 15.6. The minimum atomic E-state index is 1.20. The molecular formula is C22H43. The lowest BCUT2D eigenvalue weighted by Crippen LogP contribution is -1.84. The fourth-order valence-corrected chi connectivity index (χ4v) is 3.03. The van der Waals surface area contributed by atoms with Crippen molar-refractivity contribution in [3.8, 4) is 0 Å². The molecule has 0 saturated carbocycles. The molecule has 0 atom stereocenters. The van der Waals surface area contributed by atoms with Gasteiger partial charge in [0.25, 0.3) is 0 Å². The minimum absolute atomic E-state index is 1.20. The van der Waals surface area contributed by atoms with Crippen LogP contribution in [0.25, 0.3) is 0 Å². The fourth-order valence-electron chi connectivity index (χ4n) is 3.03. The van der Waals surface area contributed by atoms with Crippen molar-refractivity contribution in [2.75, 3.05) is 0 Å². The Morgan fingerprint density at radius 1 is 0.500 bits per heavy atom. The van der Waals surface area contributed by atoms with E-state index < -0.39 is 0 Å². The Balaban J connectivity index is 2.92. The molecule has 0 aromatic carbocycles. The van der Waals surface area contributed by atoms with E-state index in [2.05, 4.69) is 19.9 Å². The summed E-state index contributed by atoms with van der Waals surface area (Å²) in [7, 11) is 0. The lowest BCUT2D eigenvalue weighted by atomic mass is 10.0. The summed E-state index contributed by atoms with van der Waals surface area (Å²) >= 11 is 0. The van der Waals surface area contributed by atoms with Crippen LogP contribution in [0.5, 0.6) is 0 Å². The molecule has 131 valence electrons. The molecule has 0 amide bonds. The molecule has 0 aromatic rings. The van der Waals surface area contributed by atoms with Crippen LogP contribution in [0.3, 0.4) is 0 Å². The van der Waals surface area contributed by atoms with Crippen LogP contribution in [0.1, 0.15) is 122 Å². The quantitative estimate of drug-likeness (QED) is 0.166. The summed E-state index contributed by atoms with van der Waals surface area (Å²) in [5, 5.41) is 0. The zero-order chi connectivity index (χ0) is 16.1. The van der Waals surface area contributed by atoms with E-state index in [4.69, 9.17) is 0 Å². The van der Waals surface area contributed by atoms with Crippen LogP contribution in [0.2, 0.25) is 0 Å². The van der Waals surface area contributed by atoms with Crippen molar-refractivity contribution in [1.29, 1.82) is 0 Å². The number of hydrogen-bond acceptors (Lipinski definition) is 0. The Hall–Kier alpha value is -0.260. The number of hydrogen-bond donors (Lipinski definition) is 0. The van der Waals surface area contributed by atoms with Gasteiger partial charge in [-0.15, -0.1) is 6.58 Å². The van der Waals surface area contributed by atoms with Gasteiger partial charge in [0.2, 0.25) is 0 Å². The molecule has 0 bridgehead atoms. The SMILES string of the molecule is C=CCCCCCCCCCC[CH]CCCCCCCCC. The van der Waals surface area contributed by atoms with Crippen molar-refractivity contribution in [2.45, 2.75) is 122 Å². The molecule has 0 rings (SSSR count). The van der Waals surface area contributed by atoms with Crippen LogP contribution in [-0.4, -0.2) is 0 Å². The monoisotopic (exact) mass is 307 g/mol. The van der Waals surface area contributed by atoms with E-state index in [0.29, 0.717) is 0 Å². The maximum atomic E-state index is 3.77. The van der Waals surface area contributed by atoms with Crippen molar-refractivity contribution >= 4 is 0 Å². The first-order valence-corrected chi connectivity index (χ1v) is 10.3. The Bertz CT molecular complexity index is 194. The average Bonchev–Trinajstić information content (AvgIpc) is 2.54. The predicted octanol–water partition coefficient (Wildman–Crippen LogP) is 8.42. The third kappa shape index (κ3) is 19.7. The Kier molecular flexibility index (Phi) is 20.5. The second kappa shape index (κ2) is 20.7. The molecule has 0 N–H and O–H groups in total. The van der Waals surface area contributed by atoms with Crippen LogP contribution in [0, 0.1) is 6.42 Å². The van der Waals surface area contributed by atoms with E-state index in [1.807, 2.05) is 6.08 Å². The van der Waals surface area contributed by atoms with Gasteiger partial charge in [-0.3, -0.25) is 0 Å². The van der Waals surface area contributed by atoms with Crippen molar-refractivity contribution in [3.63, 3.8) is 0 Å². The van der Waals surface area contributed by atoms with Crippen molar-refractivity contribution in [2.24, 2.45) is 0 Å². The van der Waals surface area contributed by atoms with Gasteiger partial charge in [-0.25, -0.2) is 0 Å². The zero-order valence-electron chi connectivity index (χ0n) is 15.6. The Morgan fingerprint density at radius 3 is 1.27 bits per heavy atom. The topological polar surface area (TPSA) is 0 Å². The third-order valence-corrected chi connectivity index (χ3v) is 4.58. The largest absolute Gasteiger partial charge is 0.103 e. The van der Waals surface area contributed by atoms with Gasteiger partial charge in [0, 0.05) is 0 Å². The second-order valence-electron chi connectivity index (χ2n) is 6.89. The molecule has 0 fully saturated rings. The molecule has 22 heavy (non-hydrogen) atoms. The summed E-state index contributed by atoms with van der Waals surface area (Å²) in [5.41, 5.74) is 0. The highest BCUT2D eigenvalue weighted by Gasteiger charge is 1.94. The summed E-state index contributed by atoms with van der Waals surface area (Å²) in [6.07, 6.45) is 29.9. The van der Waals surface area contributed by atoms with Crippen LogP contribution < -0.4 is 0 Å². The summed E-state index contributed by atoms with van der Waals surface area (Å²) in [6.45, 7) is 6.06. The summed E-state index contributed by atoms with van der Waals surface area (Å²) in [6, 6.07) is 0. The van der Waals surface area contributed by atoms with Gasteiger partial charge in [0.1, 0.15) is 0 Å². The molecule has 1 radical (unpaired) electrons. The molecule has 0 aliphatic heterocycles. The van der Waals surface area contributed by atoms with Crippen LogP contribution in [0.15, 0.2) is 12.7 Å². The number of rotatable bonds is 19. The molecule has 0 aliphatic carbocycles. The number of allylic oxidation sites excluding steroid dienone is 1. The molecule has 0 saturated heterocycles. The Labute approximate surface area is 142 Å². The molecule has 0 nitrogen and oxygen atoms in total. The Morgan fingerprint density at radius 2 is 0.864 bits per heavy atom. The summed E-state index contributed by atoms with van der Waals surface area (Å²) in [5.74, 6) is 0. The smallest absolute Gasteiger partial charge is 0.0353 e. The molecule has 0 heteroatoms. The van der Waals surface area contributed by atoms with Gasteiger partial charge in [0.05, 0.1) is 0 Å². The highest BCUT2D eigenvalue weighted by molar-refractivity contribution is 4.66. The van der Waals surface area contributed by atoms with E-state index in [9.17, 15) is 0 Å². The predicted molar refractivity (Wildman–Crippen MR) is 103 cm³/mol. The average molecular weight is 308 g/mol. The maximum absolute atomic E-state index is 3.77. The van der Waals surface area contributed by atoms with Crippen molar-refractivity contribution < 1.29 is 0 Å². The van der Waals surface area contributed by atoms with E-state index in [1.165, 1.54) is 116 Å². The first-order valence-electron chi connectivity index (χ1n) is 10.3. The molecule has 0 aromatic heterocycles. The van der Waals surface area contributed by atoms with Crippen molar-refractivity contribution in [1.82, 2.24) is 0 Å². The van der Waals surface area contributed by atoms with Gasteiger partial charge < -0.3 is 0 Å². The molecule has 0 aliphatic rings. The third-order valence-electron chi connectivity index (χ3n) is 4.58. The van der Waals surface area contributed by atoms with Crippen LogP contribution in [-0.2, 0) is 0 Å². The molecule has 0 heterocycles. The van der Waals surface area contributed by atoms with E-state index in [0.717, 1.165) is 0 Å². The van der Waals surface area contributed by atoms with E-state index in [-0.39, 0.29) is 0 Å². The fraction of sp³-hybridized carbons (Fsp3) is 0.864. The highest BCUT2D eigenvalue weighted by Crippen LogP contribution is 2.14. The standard InChI is InChI=1S/C22H43/c1-3-5-7-9-11-13-15-17-19-21-22-20-18-16-14-12-10-8-6-4-2/h3,20H,1,4-19,21-22H2,2H3. The van der Waals surface area contributed by atoms with Crippen molar-refractivity contribution in [3.05, 3.63) is 19.1 Å². The minimum Gasteiger partial charge on any atom is -0.103 e. The highest BCUT2D eigenvalue weighted by atomic mass is 14.0. The van der Waals surface area contributed by atoms with Gasteiger partial charge in [-0.1, -0.05) is 116 Å². The number of unbranched alkanes of at least 4 members (excludes halogenated alkanes) is 18. The maximum Gasteiger partial charge on any atom is -0.0353 e. The van der Waals surface area contributed by atoms with E-state index in [1.54, 1.807) is 0 Å². The summed E-state index contributed by atoms with van der Waals surface area (Å²) < 4.78 is 0. The molecule has 0 unspecified atom stereocenters. The normalized spacial score (nSPS) is 11.0. The van der Waals surface area contributed by atoms with Gasteiger partial charge in [-0.2, -0.15) is 0 Å². The summed E-state index contributed by atoms with van der Waals surface area (Å²) in [4.78, 5) is 0. The molecule has 0 spiro atoms. The van der Waals surface area contributed by atoms with Gasteiger partial charge >= 0.3 is 0 Å². The lowest BCUT2D eigenvalue weighted by molar-refractivity contribution is 0.559. The van der Waals surface area contributed by atoms with E-state index >= 15 is 0 Å². The van der Waals surface area contributed by atoms with Crippen LogP contribution in [0.4, 0.5) is 0 Å². The second-order valence-corrected chi connectivity index (χ2v) is 6.89. The van der Waals surface area contributed by atoms with Gasteiger partial charge in [0.15, 0.2) is 0 Å². The lowest BCUT2D eigenvalue weighted by Gasteiger charge is -2.03. The first kappa shape index (κ1) is 21.7. The molecular weight excluding hydrogens is 264 g/mol. The van der Waals surface area contributed by atoms with Gasteiger partial charge in [-0.05, 0) is 19.3 Å².